The summed E-state index contributed by atoms with van der Waals surface area (Å²) in [7, 11) is 0. The van der Waals surface area contributed by atoms with E-state index in [1.807, 2.05) is 0 Å². The van der Waals surface area contributed by atoms with Crippen LogP contribution in [0.2, 0.25) is 10.0 Å². The summed E-state index contributed by atoms with van der Waals surface area (Å²) >= 11 is 13.0. The smallest absolute Gasteiger partial charge is 0.354 e. The predicted octanol–water partition coefficient (Wildman–Crippen LogP) is 8.78. The molecule has 1 aromatic carbocycles. The first-order valence-corrected chi connectivity index (χ1v) is 17.0. The molecule has 1 N–H and O–H groups in total. The SMILES string of the molecule is O=C(O)c1cc(OCC2CC2)c2cc(OCC34CCC(OCc5c(-c6c(Cl)cncc6Cl)noc5C5CC5)(CC3)CC4)c(F)cc2n1. The highest BCUT2D eigenvalue weighted by Gasteiger charge is 2.50. The highest BCUT2D eigenvalue weighted by atomic mass is 35.5. The minimum atomic E-state index is -1.19. The Kier molecular flexibility index (Phi) is 7.80. The van der Waals surface area contributed by atoms with E-state index in [1.54, 1.807) is 18.5 Å². The summed E-state index contributed by atoms with van der Waals surface area (Å²) in [6.45, 7) is 1.23. The summed E-state index contributed by atoms with van der Waals surface area (Å²) in [5.41, 5.74) is 1.83. The summed E-state index contributed by atoms with van der Waals surface area (Å²) in [6.07, 6.45) is 12.7. The van der Waals surface area contributed by atoms with Crippen LogP contribution in [0, 0.1) is 17.2 Å². The number of halogens is 3. The molecular formula is C35H34Cl2FN3O6. The van der Waals surface area contributed by atoms with Gasteiger partial charge in [0.25, 0.3) is 0 Å². The molecule has 4 aromatic rings. The van der Waals surface area contributed by atoms with Gasteiger partial charge in [-0.3, -0.25) is 4.98 Å². The van der Waals surface area contributed by atoms with Gasteiger partial charge in [0, 0.05) is 52.4 Å². The summed E-state index contributed by atoms with van der Waals surface area (Å²) in [5.74, 6) is 0.384. The van der Waals surface area contributed by atoms with Gasteiger partial charge in [-0.2, -0.15) is 0 Å². The maximum Gasteiger partial charge on any atom is 0.354 e. The zero-order chi connectivity index (χ0) is 32.3. The summed E-state index contributed by atoms with van der Waals surface area (Å²) in [4.78, 5) is 19.9. The standard InChI is InChI=1S/C35H34Cl2FN3O6/c36-23-14-39-15-24(37)30(23)31-22(32(47-41-31)20-3-4-20)17-46-35-8-5-34(6-9-35,7-10-35)18-45-29-11-21-26(12-25(29)38)40-27(33(42)43)13-28(21)44-16-19-1-2-19/h11-15,19-20H,1-10,16-18H2,(H,42,43). The Morgan fingerprint density at radius 3 is 2.36 bits per heavy atom. The fourth-order valence-electron chi connectivity index (χ4n) is 7.11. The average molecular weight is 683 g/mol. The van der Waals surface area contributed by atoms with Crippen molar-refractivity contribution in [2.75, 3.05) is 13.2 Å². The third-order valence-electron chi connectivity index (χ3n) is 10.5. The van der Waals surface area contributed by atoms with E-state index in [9.17, 15) is 9.90 Å². The van der Waals surface area contributed by atoms with Crippen molar-refractivity contribution < 1.29 is 33.0 Å². The Labute approximate surface area is 280 Å². The van der Waals surface area contributed by atoms with Crippen molar-refractivity contribution in [3.63, 3.8) is 0 Å². The van der Waals surface area contributed by atoms with Gasteiger partial charge < -0.3 is 23.8 Å². The number of fused-ring (bicyclic) bond motifs is 4. The molecule has 5 aliphatic rings. The summed E-state index contributed by atoms with van der Waals surface area (Å²) in [5, 5.41) is 15.3. The van der Waals surface area contributed by atoms with Crippen LogP contribution in [0.25, 0.3) is 22.2 Å². The Balaban J connectivity index is 0.959. The normalized spacial score (nSPS) is 23.7. The van der Waals surface area contributed by atoms with Crippen molar-refractivity contribution in [3.8, 4) is 22.8 Å². The van der Waals surface area contributed by atoms with E-state index in [2.05, 4.69) is 15.1 Å². The predicted molar refractivity (Wildman–Crippen MR) is 172 cm³/mol. The molecule has 0 spiro atoms. The molecular weight excluding hydrogens is 648 g/mol. The number of hydrogen-bond acceptors (Lipinski definition) is 8. The van der Waals surface area contributed by atoms with Crippen molar-refractivity contribution in [1.82, 2.24) is 15.1 Å². The van der Waals surface area contributed by atoms with E-state index < -0.39 is 11.8 Å². The number of aromatic nitrogens is 3. The van der Waals surface area contributed by atoms with Crippen LogP contribution in [0.1, 0.15) is 91.9 Å². The second kappa shape index (κ2) is 11.9. The number of carboxylic acid groups (broad SMARTS) is 1. The third kappa shape index (κ3) is 6.04. The molecule has 9 rings (SSSR count). The van der Waals surface area contributed by atoms with Gasteiger partial charge in [-0.05, 0) is 76.2 Å². The molecule has 3 aromatic heterocycles. The van der Waals surface area contributed by atoms with Crippen molar-refractivity contribution in [2.24, 2.45) is 11.3 Å². The van der Waals surface area contributed by atoms with Gasteiger partial charge >= 0.3 is 5.97 Å². The minimum absolute atomic E-state index is 0.0805. The number of ether oxygens (including phenoxy) is 3. The molecule has 5 fully saturated rings. The Morgan fingerprint density at radius 2 is 1.70 bits per heavy atom. The number of aromatic carboxylic acids is 1. The van der Waals surface area contributed by atoms with Gasteiger partial charge in [0.05, 0.1) is 41.0 Å². The number of carboxylic acids is 1. The number of hydrogen-bond donors (Lipinski definition) is 1. The summed E-state index contributed by atoms with van der Waals surface area (Å²) in [6, 6.07) is 4.24. The monoisotopic (exact) mass is 681 g/mol. The maximum atomic E-state index is 15.3. The minimum Gasteiger partial charge on any atom is -0.493 e. The van der Waals surface area contributed by atoms with Crippen LogP contribution >= 0.6 is 23.2 Å². The van der Waals surface area contributed by atoms with Crippen molar-refractivity contribution in [3.05, 3.63) is 63.5 Å². The quantitative estimate of drug-likeness (QED) is 0.157. The van der Waals surface area contributed by atoms with Gasteiger partial charge in [0.2, 0.25) is 0 Å². The van der Waals surface area contributed by atoms with Gasteiger partial charge in [-0.1, -0.05) is 28.4 Å². The van der Waals surface area contributed by atoms with Crippen LogP contribution in [0.15, 0.2) is 35.1 Å². The largest absolute Gasteiger partial charge is 0.493 e. The molecule has 3 heterocycles. The molecule has 5 aliphatic carbocycles. The Hall–Kier alpha value is -3.47. The molecule has 0 unspecified atom stereocenters. The second-order valence-corrected chi connectivity index (χ2v) is 14.6. The molecule has 9 nitrogen and oxygen atoms in total. The zero-order valence-electron chi connectivity index (χ0n) is 25.7. The van der Waals surface area contributed by atoms with Crippen molar-refractivity contribution in [2.45, 2.75) is 82.3 Å². The lowest BCUT2D eigenvalue weighted by molar-refractivity contribution is -0.150. The number of nitrogens with zero attached hydrogens (tertiary/aromatic N) is 3. The number of pyridine rings is 2. The molecule has 246 valence electrons. The molecule has 0 saturated heterocycles. The van der Waals surface area contributed by atoms with E-state index in [-0.39, 0.29) is 28.0 Å². The molecule has 2 bridgehead atoms. The molecule has 0 aliphatic heterocycles. The molecule has 0 radical (unpaired) electrons. The fraction of sp³-hybridized carbons (Fsp3) is 0.486. The zero-order valence-corrected chi connectivity index (χ0v) is 27.2. The Bertz CT molecular complexity index is 1830. The number of rotatable bonds is 12. The van der Waals surface area contributed by atoms with Crippen LogP contribution in [0.4, 0.5) is 4.39 Å². The van der Waals surface area contributed by atoms with Gasteiger partial charge in [-0.15, -0.1) is 0 Å². The van der Waals surface area contributed by atoms with E-state index in [0.717, 1.165) is 75.5 Å². The van der Waals surface area contributed by atoms with E-state index in [4.69, 9.17) is 41.9 Å². The van der Waals surface area contributed by atoms with Crippen molar-refractivity contribution >= 4 is 40.1 Å². The highest BCUT2D eigenvalue weighted by molar-refractivity contribution is 6.38. The third-order valence-corrected chi connectivity index (χ3v) is 11.0. The first-order chi connectivity index (χ1) is 22.7. The first-order valence-electron chi connectivity index (χ1n) is 16.3. The lowest BCUT2D eigenvalue weighted by Crippen LogP contribution is -2.49. The van der Waals surface area contributed by atoms with Gasteiger partial charge in [0.15, 0.2) is 17.3 Å². The van der Waals surface area contributed by atoms with Crippen molar-refractivity contribution in [1.29, 1.82) is 0 Å². The van der Waals surface area contributed by atoms with Gasteiger partial charge in [-0.25, -0.2) is 14.2 Å². The topological polar surface area (TPSA) is 117 Å². The molecule has 0 atom stereocenters. The maximum absolute atomic E-state index is 15.3. The highest BCUT2D eigenvalue weighted by Crippen LogP contribution is 2.55. The molecule has 5 saturated carbocycles. The molecule has 47 heavy (non-hydrogen) atoms. The fourth-order valence-corrected chi connectivity index (χ4v) is 7.65. The average Bonchev–Trinajstić information content (AvgIpc) is 4.01. The Morgan fingerprint density at radius 1 is 0.979 bits per heavy atom. The van der Waals surface area contributed by atoms with Crippen LogP contribution in [0.5, 0.6) is 11.5 Å². The van der Waals surface area contributed by atoms with Crippen LogP contribution in [0.3, 0.4) is 0 Å². The number of carbonyl (C=O) groups is 1. The van der Waals surface area contributed by atoms with Crippen LogP contribution < -0.4 is 9.47 Å². The second-order valence-electron chi connectivity index (χ2n) is 13.8. The lowest BCUT2D eigenvalue weighted by Gasteiger charge is -2.52. The van der Waals surface area contributed by atoms with E-state index in [0.29, 0.717) is 64.1 Å². The lowest BCUT2D eigenvalue weighted by atomic mass is 9.59. The van der Waals surface area contributed by atoms with Gasteiger partial charge in [0.1, 0.15) is 17.2 Å². The first kappa shape index (κ1) is 30.8. The van der Waals surface area contributed by atoms with E-state index in [1.165, 1.54) is 12.1 Å². The molecule has 0 amide bonds. The van der Waals surface area contributed by atoms with Crippen LogP contribution in [-0.2, 0) is 11.3 Å². The molecule has 12 heteroatoms. The number of benzene rings is 1. The summed E-state index contributed by atoms with van der Waals surface area (Å²) < 4.78 is 40.0. The van der Waals surface area contributed by atoms with Crippen LogP contribution in [-0.4, -0.2) is 45.0 Å². The van der Waals surface area contributed by atoms with E-state index >= 15 is 4.39 Å².